The zero-order valence-electron chi connectivity index (χ0n) is 20.9. The Hall–Kier alpha value is -4.43. The highest BCUT2D eigenvalue weighted by Crippen LogP contribution is 2.40. The number of anilines is 3. The molecule has 7 nitrogen and oxygen atoms in total. The molecule has 0 saturated carbocycles. The molecule has 0 aliphatic carbocycles. The minimum Gasteiger partial charge on any atom is -0.493 e. The van der Waals surface area contributed by atoms with Crippen molar-refractivity contribution >= 4 is 40.4 Å². The van der Waals surface area contributed by atoms with Crippen molar-refractivity contribution in [1.29, 1.82) is 0 Å². The van der Waals surface area contributed by atoms with Crippen LogP contribution in [0, 0.1) is 0 Å². The molecule has 0 aliphatic rings. The number of nitrogens with two attached hydrogens (primary N) is 1. The molecule has 0 saturated heterocycles. The number of carbonyl (C=O) groups excluding carboxylic acids is 1. The van der Waals surface area contributed by atoms with Gasteiger partial charge >= 0.3 is 0 Å². The monoisotopic (exact) mass is 515 g/mol. The van der Waals surface area contributed by atoms with Gasteiger partial charge in [-0.15, -0.1) is 11.3 Å². The van der Waals surface area contributed by atoms with Crippen LogP contribution in [0.3, 0.4) is 0 Å². The Bertz CT molecular complexity index is 1360. The summed E-state index contributed by atoms with van der Waals surface area (Å²) in [6, 6.07) is 21.3. The highest BCUT2D eigenvalue weighted by Gasteiger charge is 2.13. The van der Waals surface area contributed by atoms with Gasteiger partial charge < -0.3 is 30.6 Å². The van der Waals surface area contributed by atoms with Gasteiger partial charge in [-0.2, -0.15) is 0 Å². The third-order valence-corrected chi connectivity index (χ3v) is 6.60. The molecule has 1 amide bonds. The van der Waals surface area contributed by atoms with Crippen LogP contribution in [0.4, 0.5) is 17.1 Å². The molecule has 0 unspecified atom stereocenters. The van der Waals surface area contributed by atoms with Gasteiger partial charge in [0.05, 0.1) is 32.7 Å². The van der Waals surface area contributed by atoms with Gasteiger partial charge in [0.1, 0.15) is 0 Å². The maximum Gasteiger partial charge on any atom is 0.248 e. The summed E-state index contributed by atoms with van der Waals surface area (Å²) in [6.07, 6.45) is 3.27. The van der Waals surface area contributed by atoms with E-state index in [0.717, 1.165) is 27.3 Å². The third-order valence-electron chi connectivity index (χ3n) is 5.69. The minimum absolute atomic E-state index is 0.247. The molecule has 37 heavy (non-hydrogen) atoms. The standard InChI is InChI=1S/C29H29N3O4S/c1-34-25-16-22(17-26(35-2)29(25)36-3)31-18-20-8-6-19(7-9-20)10-13-28(33)32-24-15-21(11-12-23(24)30)27-5-4-14-37-27/h4-17,31H,18,30H2,1-3H3,(H,32,33)/b13-10+. The Labute approximate surface area is 220 Å². The van der Waals surface area contributed by atoms with E-state index in [0.29, 0.717) is 35.2 Å². The summed E-state index contributed by atoms with van der Waals surface area (Å²) in [5.41, 5.74) is 11.0. The predicted octanol–water partition coefficient (Wildman–Crippen LogP) is 6.29. The first-order valence-electron chi connectivity index (χ1n) is 11.6. The minimum atomic E-state index is -0.247. The first-order valence-corrected chi connectivity index (χ1v) is 12.4. The second kappa shape index (κ2) is 12.0. The van der Waals surface area contributed by atoms with Crippen LogP contribution in [0.1, 0.15) is 11.1 Å². The smallest absolute Gasteiger partial charge is 0.248 e. The molecule has 4 aromatic rings. The second-order valence-electron chi connectivity index (χ2n) is 8.11. The molecule has 3 aromatic carbocycles. The van der Waals surface area contributed by atoms with E-state index >= 15 is 0 Å². The fourth-order valence-corrected chi connectivity index (χ4v) is 4.46. The maximum absolute atomic E-state index is 12.5. The van der Waals surface area contributed by atoms with Crippen molar-refractivity contribution in [1.82, 2.24) is 0 Å². The molecule has 0 radical (unpaired) electrons. The lowest BCUT2D eigenvalue weighted by molar-refractivity contribution is -0.111. The summed E-state index contributed by atoms with van der Waals surface area (Å²) < 4.78 is 16.2. The highest BCUT2D eigenvalue weighted by atomic mass is 32.1. The van der Waals surface area contributed by atoms with Gasteiger partial charge in [-0.05, 0) is 46.3 Å². The van der Waals surface area contributed by atoms with Crippen LogP contribution >= 0.6 is 11.3 Å². The molecule has 0 aliphatic heterocycles. The van der Waals surface area contributed by atoms with Crippen molar-refractivity contribution < 1.29 is 19.0 Å². The van der Waals surface area contributed by atoms with Crippen molar-refractivity contribution in [3.8, 4) is 27.7 Å². The predicted molar refractivity (Wildman–Crippen MR) is 152 cm³/mol. The van der Waals surface area contributed by atoms with E-state index in [-0.39, 0.29) is 5.91 Å². The molecule has 190 valence electrons. The fraction of sp³-hybridized carbons (Fsp3) is 0.138. The van der Waals surface area contributed by atoms with Crippen molar-refractivity contribution in [2.45, 2.75) is 6.54 Å². The molecule has 0 spiro atoms. The number of ether oxygens (including phenoxy) is 3. The van der Waals surface area contributed by atoms with E-state index in [2.05, 4.69) is 10.6 Å². The van der Waals surface area contributed by atoms with Gasteiger partial charge in [0.25, 0.3) is 0 Å². The first-order chi connectivity index (χ1) is 18.0. The number of rotatable bonds is 10. The quantitative estimate of drug-likeness (QED) is 0.170. The largest absolute Gasteiger partial charge is 0.493 e. The lowest BCUT2D eigenvalue weighted by Crippen LogP contribution is -2.09. The van der Waals surface area contributed by atoms with E-state index in [4.69, 9.17) is 19.9 Å². The molecular formula is C29H29N3O4S. The van der Waals surface area contributed by atoms with E-state index < -0.39 is 0 Å². The van der Waals surface area contributed by atoms with E-state index in [1.54, 1.807) is 44.8 Å². The van der Waals surface area contributed by atoms with Crippen molar-refractivity contribution in [3.63, 3.8) is 0 Å². The summed E-state index contributed by atoms with van der Waals surface area (Å²) in [7, 11) is 4.75. The maximum atomic E-state index is 12.5. The van der Waals surface area contributed by atoms with Gasteiger partial charge in [0.15, 0.2) is 11.5 Å². The average molecular weight is 516 g/mol. The zero-order chi connectivity index (χ0) is 26.2. The molecule has 8 heteroatoms. The van der Waals surface area contributed by atoms with Crippen LogP contribution in [0.25, 0.3) is 16.5 Å². The molecule has 1 heterocycles. The van der Waals surface area contributed by atoms with Crippen LogP contribution < -0.4 is 30.6 Å². The van der Waals surface area contributed by atoms with Crippen LogP contribution in [0.5, 0.6) is 17.2 Å². The topological polar surface area (TPSA) is 94.8 Å². The number of hydrogen-bond donors (Lipinski definition) is 3. The summed E-state index contributed by atoms with van der Waals surface area (Å²) in [5.74, 6) is 1.48. The van der Waals surface area contributed by atoms with Crippen LogP contribution in [-0.2, 0) is 11.3 Å². The number of hydrogen-bond acceptors (Lipinski definition) is 7. The number of carbonyl (C=O) groups is 1. The number of methoxy groups -OCH3 is 3. The Morgan fingerprint density at radius 2 is 1.68 bits per heavy atom. The number of nitrogens with one attached hydrogen (secondary N) is 2. The Kier molecular flexibility index (Phi) is 8.33. The Morgan fingerprint density at radius 1 is 0.946 bits per heavy atom. The van der Waals surface area contributed by atoms with Gasteiger partial charge in [-0.3, -0.25) is 4.79 Å². The average Bonchev–Trinajstić information content (AvgIpc) is 3.47. The lowest BCUT2D eigenvalue weighted by atomic mass is 10.1. The molecule has 0 bridgehead atoms. The molecule has 0 atom stereocenters. The highest BCUT2D eigenvalue weighted by molar-refractivity contribution is 7.13. The number of benzene rings is 3. The van der Waals surface area contributed by atoms with Crippen molar-refractivity contribution in [3.05, 3.63) is 89.3 Å². The zero-order valence-corrected chi connectivity index (χ0v) is 21.7. The van der Waals surface area contributed by atoms with Gasteiger partial charge in [0, 0.05) is 35.3 Å². The third kappa shape index (κ3) is 6.42. The van der Waals surface area contributed by atoms with Gasteiger partial charge in [-0.1, -0.05) is 36.4 Å². The molecule has 1 aromatic heterocycles. The summed E-state index contributed by atoms with van der Waals surface area (Å²) >= 11 is 1.64. The summed E-state index contributed by atoms with van der Waals surface area (Å²) in [6.45, 7) is 0.600. The second-order valence-corrected chi connectivity index (χ2v) is 9.06. The number of amides is 1. The lowest BCUT2D eigenvalue weighted by Gasteiger charge is -2.15. The van der Waals surface area contributed by atoms with Crippen LogP contribution in [0.15, 0.2) is 78.2 Å². The fourth-order valence-electron chi connectivity index (χ4n) is 3.74. The molecule has 4 rings (SSSR count). The van der Waals surface area contributed by atoms with Crippen LogP contribution in [-0.4, -0.2) is 27.2 Å². The molecule has 0 fully saturated rings. The number of thiophene rings is 1. The van der Waals surface area contributed by atoms with Crippen molar-refractivity contribution in [2.24, 2.45) is 0 Å². The van der Waals surface area contributed by atoms with E-state index in [9.17, 15) is 4.79 Å². The van der Waals surface area contributed by atoms with Gasteiger partial charge in [-0.25, -0.2) is 0 Å². The van der Waals surface area contributed by atoms with E-state index in [1.807, 2.05) is 66.0 Å². The van der Waals surface area contributed by atoms with E-state index in [1.165, 1.54) is 6.08 Å². The van der Waals surface area contributed by atoms with Crippen LogP contribution in [0.2, 0.25) is 0 Å². The van der Waals surface area contributed by atoms with Crippen molar-refractivity contribution in [2.75, 3.05) is 37.7 Å². The summed E-state index contributed by atoms with van der Waals surface area (Å²) in [5, 5.41) is 8.26. The molecular weight excluding hydrogens is 486 g/mol. The van der Waals surface area contributed by atoms with Gasteiger partial charge in [0.2, 0.25) is 11.7 Å². The SMILES string of the molecule is COc1cc(NCc2ccc(/C=C/C(=O)Nc3cc(-c4cccs4)ccc3N)cc2)cc(OC)c1OC. The first kappa shape index (κ1) is 25.7. The molecule has 4 N–H and O–H groups in total. The Morgan fingerprint density at radius 3 is 2.30 bits per heavy atom. The number of nitrogen functional groups attached to an aromatic ring is 1. The summed E-state index contributed by atoms with van der Waals surface area (Å²) in [4.78, 5) is 13.6. The Balaban J connectivity index is 1.36. The normalized spacial score (nSPS) is 10.8.